The molecule has 84 valence electrons. The minimum Gasteiger partial charge on any atom is -0.323 e. The summed E-state index contributed by atoms with van der Waals surface area (Å²) in [4.78, 5) is 3.67. The van der Waals surface area contributed by atoms with Crippen LogP contribution in [0.1, 0.15) is 17.2 Å². The van der Waals surface area contributed by atoms with E-state index in [2.05, 4.69) is 4.98 Å². The number of rotatable bonds is 3. The van der Waals surface area contributed by atoms with Crippen LogP contribution < -0.4 is 5.73 Å². The van der Waals surface area contributed by atoms with Crippen LogP contribution in [0.25, 0.3) is 0 Å². The Morgan fingerprint density at radius 2 is 2.20 bits per heavy atom. The van der Waals surface area contributed by atoms with Crippen LogP contribution in [0.15, 0.2) is 18.5 Å². The number of thioether (sulfide) groups is 1. The molecular formula is C9H11F3N2S. The van der Waals surface area contributed by atoms with Gasteiger partial charge >= 0.3 is 6.18 Å². The van der Waals surface area contributed by atoms with Crippen molar-refractivity contribution in [2.45, 2.75) is 12.2 Å². The lowest BCUT2D eigenvalue weighted by molar-refractivity contribution is -0.138. The minimum absolute atomic E-state index is 0.0550. The predicted molar refractivity (Wildman–Crippen MR) is 54.5 cm³/mol. The maximum Gasteiger partial charge on any atom is 0.416 e. The number of halogens is 3. The number of nitrogens with two attached hydrogens (primary N) is 1. The van der Waals surface area contributed by atoms with Crippen LogP contribution in [0.5, 0.6) is 0 Å². The lowest BCUT2D eigenvalue weighted by Crippen LogP contribution is -2.19. The fourth-order valence-corrected chi connectivity index (χ4v) is 1.77. The van der Waals surface area contributed by atoms with Gasteiger partial charge < -0.3 is 5.73 Å². The number of alkyl halides is 3. The molecule has 0 bridgehead atoms. The maximum absolute atomic E-state index is 12.6. The fraction of sp³-hybridized carbons (Fsp3) is 0.444. The molecule has 0 radical (unpaired) electrons. The van der Waals surface area contributed by atoms with Crippen molar-refractivity contribution in [1.29, 1.82) is 0 Å². The van der Waals surface area contributed by atoms with E-state index in [9.17, 15) is 13.2 Å². The van der Waals surface area contributed by atoms with Crippen molar-refractivity contribution in [2.75, 3.05) is 12.0 Å². The van der Waals surface area contributed by atoms with Crippen molar-refractivity contribution in [1.82, 2.24) is 4.98 Å². The average molecular weight is 236 g/mol. The molecule has 0 spiro atoms. The van der Waals surface area contributed by atoms with Crippen LogP contribution in [0.2, 0.25) is 0 Å². The standard InChI is InChI=1S/C9H11F3N2S/c1-15-5-8(13)6-4-14-3-2-7(6)9(10,11)12/h2-4,8H,5,13H2,1H3. The van der Waals surface area contributed by atoms with Crippen LogP contribution in [0.4, 0.5) is 13.2 Å². The molecule has 0 saturated carbocycles. The lowest BCUT2D eigenvalue weighted by Gasteiger charge is -2.16. The summed E-state index contributed by atoms with van der Waals surface area (Å²) in [5.41, 5.74) is 5.00. The first-order valence-electron chi connectivity index (χ1n) is 4.22. The zero-order chi connectivity index (χ0) is 11.5. The molecule has 0 fully saturated rings. The van der Waals surface area contributed by atoms with Gasteiger partial charge in [-0.05, 0) is 12.3 Å². The van der Waals surface area contributed by atoms with Gasteiger partial charge in [-0.1, -0.05) is 0 Å². The summed E-state index contributed by atoms with van der Waals surface area (Å²) in [6.45, 7) is 0. The molecule has 0 aromatic carbocycles. The van der Waals surface area contributed by atoms with Crippen molar-refractivity contribution in [2.24, 2.45) is 5.73 Å². The molecule has 0 aliphatic carbocycles. The van der Waals surface area contributed by atoms with E-state index in [1.165, 1.54) is 18.0 Å². The maximum atomic E-state index is 12.6. The Morgan fingerprint density at radius 1 is 1.53 bits per heavy atom. The van der Waals surface area contributed by atoms with Crippen LogP contribution >= 0.6 is 11.8 Å². The van der Waals surface area contributed by atoms with Gasteiger partial charge in [0.25, 0.3) is 0 Å². The first kappa shape index (κ1) is 12.3. The largest absolute Gasteiger partial charge is 0.416 e. The quantitative estimate of drug-likeness (QED) is 0.876. The van der Waals surface area contributed by atoms with E-state index >= 15 is 0 Å². The third kappa shape index (κ3) is 3.10. The number of nitrogens with zero attached hydrogens (tertiary/aromatic N) is 1. The third-order valence-corrected chi connectivity index (χ3v) is 2.60. The summed E-state index contributed by atoms with van der Waals surface area (Å²) < 4.78 is 37.7. The second kappa shape index (κ2) is 4.85. The predicted octanol–water partition coefficient (Wildman–Crippen LogP) is 2.46. The Bertz CT molecular complexity index is 327. The molecule has 1 rings (SSSR count). The molecule has 2 N–H and O–H groups in total. The summed E-state index contributed by atoms with van der Waals surface area (Å²) in [5, 5.41) is 0. The summed E-state index contributed by atoms with van der Waals surface area (Å²) in [7, 11) is 0. The molecule has 0 saturated heterocycles. The van der Waals surface area contributed by atoms with Crippen LogP contribution in [-0.2, 0) is 6.18 Å². The van der Waals surface area contributed by atoms with Gasteiger partial charge in [0.15, 0.2) is 0 Å². The van der Waals surface area contributed by atoms with Crippen molar-refractivity contribution in [3.05, 3.63) is 29.6 Å². The van der Waals surface area contributed by atoms with E-state index in [0.717, 1.165) is 12.3 Å². The Balaban J connectivity index is 3.06. The van der Waals surface area contributed by atoms with Gasteiger partial charge in [0.05, 0.1) is 5.56 Å². The van der Waals surface area contributed by atoms with E-state index < -0.39 is 17.8 Å². The van der Waals surface area contributed by atoms with Crippen LogP contribution in [-0.4, -0.2) is 17.0 Å². The SMILES string of the molecule is CSCC(N)c1cnccc1C(F)(F)F. The molecule has 0 aliphatic heterocycles. The van der Waals surface area contributed by atoms with Crippen LogP contribution in [0, 0.1) is 0 Å². The van der Waals surface area contributed by atoms with Gasteiger partial charge in [0.2, 0.25) is 0 Å². The molecule has 0 amide bonds. The zero-order valence-electron chi connectivity index (χ0n) is 8.08. The number of aromatic nitrogens is 1. The van der Waals surface area contributed by atoms with Gasteiger partial charge in [-0.25, -0.2) is 0 Å². The highest BCUT2D eigenvalue weighted by atomic mass is 32.2. The van der Waals surface area contributed by atoms with E-state index in [1.54, 1.807) is 6.26 Å². The van der Waals surface area contributed by atoms with Gasteiger partial charge in [-0.15, -0.1) is 0 Å². The normalized spacial score (nSPS) is 13.9. The number of hydrogen-bond donors (Lipinski definition) is 1. The van der Waals surface area contributed by atoms with Crippen molar-refractivity contribution in [3.63, 3.8) is 0 Å². The lowest BCUT2D eigenvalue weighted by atomic mass is 10.0. The van der Waals surface area contributed by atoms with Gasteiger partial charge in [0.1, 0.15) is 0 Å². The van der Waals surface area contributed by atoms with Crippen molar-refractivity contribution >= 4 is 11.8 Å². The first-order valence-corrected chi connectivity index (χ1v) is 5.62. The Morgan fingerprint density at radius 3 is 2.73 bits per heavy atom. The summed E-state index contributed by atoms with van der Waals surface area (Å²) in [5.74, 6) is 0.439. The highest BCUT2D eigenvalue weighted by Crippen LogP contribution is 2.33. The highest BCUT2D eigenvalue weighted by Gasteiger charge is 2.34. The first-order chi connectivity index (χ1) is 6.96. The average Bonchev–Trinajstić information content (AvgIpc) is 2.17. The second-order valence-electron chi connectivity index (χ2n) is 3.02. The molecule has 1 aromatic rings. The van der Waals surface area contributed by atoms with Crippen molar-refractivity contribution in [3.8, 4) is 0 Å². The minimum atomic E-state index is -4.37. The van der Waals surface area contributed by atoms with Crippen LogP contribution in [0.3, 0.4) is 0 Å². The van der Waals surface area contributed by atoms with E-state index in [-0.39, 0.29) is 5.56 Å². The molecule has 1 unspecified atom stereocenters. The highest BCUT2D eigenvalue weighted by molar-refractivity contribution is 7.98. The molecular weight excluding hydrogens is 225 g/mol. The summed E-state index contributed by atoms with van der Waals surface area (Å²) in [6, 6.07) is 0.320. The Kier molecular flexibility index (Phi) is 3.98. The molecule has 1 heterocycles. The van der Waals surface area contributed by atoms with Gasteiger partial charge in [-0.2, -0.15) is 24.9 Å². The molecule has 15 heavy (non-hydrogen) atoms. The summed E-state index contributed by atoms with van der Waals surface area (Å²) in [6.07, 6.45) is -0.264. The second-order valence-corrected chi connectivity index (χ2v) is 3.93. The summed E-state index contributed by atoms with van der Waals surface area (Å²) >= 11 is 1.40. The van der Waals surface area contributed by atoms with E-state index in [0.29, 0.717) is 5.75 Å². The van der Waals surface area contributed by atoms with Gasteiger partial charge in [-0.3, -0.25) is 4.98 Å². The Labute approximate surface area is 90.1 Å². The molecule has 6 heteroatoms. The smallest absolute Gasteiger partial charge is 0.323 e. The van der Waals surface area contributed by atoms with Gasteiger partial charge in [0, 0.05) is 29.8 Å². The number of pyridine rings is 1. The topological polar surface area (TPSA) is 38.9 Å². The third-order valence-electron chi connectivity index (χ3n) is 1.90. The fourth-order valence-electron chi connectivity index (χ4n) is 1.23. The monoisotopic (exact) mass is 236 g/mol. The van der Waals surface area contributed by atoms with E-state index in [1.807, 2.05) is 0 Å². The molecule has 1 aromatic heterocycles. The molecule has 1 atom stereocenters. The molecule has 2 nitrogen and oxygen atoms in total. The Hall–Kier alpha value is -0.750. The van der Waals surface area contributed by atoms with E-state index in [4.69, 9.17) is 5.73 Å². The molecule has 0 aliphatic rings. The van der Waals surface area contributed by atoms with Crippen molar-refractivity contribution < 1.29 is 13.2 Å². The zero-order valence-corrected chi connectivity index (χ0v) is 8.90. The number of hydrogen-bond acceptors (Lipinski definition) is 3.